The molecule has 0 aliphatic carbocycles. The number of isocyanates is 4. The predicted molar refractivity (Wildman–Crippen MR) is 75.0 cm³/mol. The highest BCUT2D eigenvalue weighted by Crippen LogP contribution is 1.94. The first kappa shape index (κ1) is 20.8. The number of unbranched alkanes of at least 4 members (excludes halogenated alkanes) is 3. The highest BCUT2D eigenvalue weighted by Gasteiger charge is 1.86. The molecule has 0 N–H and O–H groups in total. The number of carbonyl (C=O) groups excluding carboxylic acids is 4. The molecular formula is C13H18N4O4. The Bertz CT molecular complexity index is 387. The maximum atomic E-state index is 9.58. The summed E-state index contributed by atoms with van der Waals surface area (Å²) in [6.07, 6.45) is 9.93. The Morgan fingerprint density at radius 2 is 0.667 bits per heavy atom. The Labute approximate surface area is 122 Å². The van der Waals surface area contributed by atoms with E-state index in [1.165, 1.54) is 24.3 Å². The molecule has 0 bridgehead atoms. The maximum absolute atomic E-state index is 9.58. The summed E-state index contributed by atoms with van der Waals surface area (Å²) in [7, 11) is 0. The molecule has 0 atom stereocenters. The standard InChI is InChI=1S/C7H10N2O2.C6H8N2O2/c10-6-8-4-2-1-3-5-9-7-11;9-5-7-3-1-2-4-8-6-10/h1-5H2;1-4H2. The van der Waals surface area contributed by atoms with Gasteiger partial charge in [-0.05, 0) is 32.1 Å². The van der Waals surface area contributed by atoms with Crippen molar-refractivity contribution in [2.45, 2.75) is 32.1 Å². The van der Waals surface area contributed by atoms with E-state index in [2.05, 4.69) is 20.0 Å². The Morgan fingerprint density at radius 1 is 0.429 bits per heavy atom. The van der Waals surface area contributed by atoms with Crippen LogP contribution in [-0.4, -0.2) is 50.5 Å². The van der Waals surface area contributed by atoms with Crippen molar-refractivity contribution >= 4 is 24.3 Å². The second-order valence-corrected chi connectivity index (χ2v) is 3.66. The molecule has 0 fully saturated rings. The fraction of sp³-hybridized carbons (Fsp3) is 0.692. The van der Waals surface area contributed by atoms with Crippen LogP contribution in [0.15, 0.2) is 20.0 Å². The van der Waals surface area contributed by atoms with Gasteiger partial charge in [0.05, 0.1) is 26.2 Å². The summed E-state index contributed by atoms with van der Waals surface area (Å²) < 4.78 is 0. The molecule has 0 aliphatic heterocycles. The largest absolute Gasteiger partial charge is 0.234 e. The fourth-order valence-electron chi connectivity index (χ4n) is 1.12. The Hall–Kier alpha value is -2.48. The molecule has 0 unspecified atom stereocenters. The molecule has 0 aromatic heterocycles. The normalized spacial score (nSPS) is 7.81. The molecule has 0 saturated heterocycles. The van der Waals surface area contributed by atoms with E-state index in [9.17, 15) is 19.2 Å². The van der Waals surface area contributed by atoms with Crippen LogP contribution in [0.3, 0.4) is 0 Å². The van der Waals surface area contributed by atoms with Crippen LogP contribution < -0.4 is 0 Å². The van der Waals surface area contributed by atoms with Gasteiger partial charge in [-0.1, -0.05) is 0 Å². The third-order valence-electron chi connectivity index (χ3n) is 2.09. The average molecular weight is 294 g/mol. The lowest BCUT2D eigenvalue weighted by molar-refractivity contribution is 0.559. The van der Waals surface area contributed by atoms with Crippen molar-refractivity contribution in [1.29, 1.82) is 0 Å². The quantitative estimate of drug-likeness (QED) is 0.324. The smallest absolute Gasteiger partial charge is 0.211 e. The monoisotopic (exact) mass is 294 g/mol. The fourth-order valence-corrected chi connectivity index (χ4v) is 1.12. The molecule has 0 aromatic rings. The van der Waals surface area contributed by atoms with Gasteiger partial charge in [-0.3, -0.25) is 0 Å². The van der Waals surface area contributed by atoms with Crippen molar-refractivity contribution in [3.8, 4) is 0 Å². The van der Waals surface area contributed by atoms with Crippen molar-refractivity contribution in [1.82, 2.24) is 0 Å². The van der Waals surface area contributed by atoms with Crippen molar-refractivity contribution in [3.63, 3.8) is 0 Å². The van der Waals surface area contributed by atoms with Crippen molar-refractivity contribution in [2.75, 3.05) is 26.2 Å². The highest BCUT2D eigenvalue weighted by atomic mass is 16.1. The molecule has 0 aliphatic rings. The van der Waals surface area contributed by atoms with E-state index < -0.39 is 0 Å². The number of nitrogens with zero attached hydrogens (tertiary/aromatic N) is 4. The van der Waals surface area contributed by atoms with Gasteiger partial charge in [0.25, 0.3) is 0 Å². The van der Waals surface area contributed by atoms with Crippen molar-refractivity contribution < 1.29 is 19.2 Å². The zero-order valence-electron chi connectivity index (χ0n) is 11.8. The van der Waals surface area contributed by atoms with Gasteiger partial charge >= 0.3 is 0 Å². The summed E-state index contributed by atoms with van der Waals surface area (Å²) in [6, 6.07) is 0. The van der Waals surface area contributed by atoms with E-state index >= 15 is 0 Å². The van der Waals surface area contributed by atoms with Gasteiger partial charge in [-0.25, -0.2) is 39.1 Å². The zero-order chi connectivity index (χ0) is 16.0. The van der Waals surface area contributed by atoms with Crippen LogP contribution >= 0.6 is 0 Å². The van der Waals surface area contributed by atoms with Crippen molar-refractivity contribution in [2.24, 2.45) is 20.0 Å². The SMILES string of the molecule is O=C=NCCCCCN=C=O.O=C=NCCCCN=C=O. The van der Waals surface area contributed by atoms with E-state index in [0.717, 1.165) is 32.1 Å². The third-order valence-corrected chi connectivity index (χ3v) is 2.09. The summed E-state index contributed by atoms with van der Waals surface area (Å²) >= 11 is 0. The van der Waals surface area contributed by atoms with Crippen LogP contribution in [0.2, 0.25) is 0 Å². The molecule has 0 aromatic carbocycles. The highest BCUT2D eigenvalue weighted by molar-refractivity contribution is 5.33. The number of hydrogen-bond acceptors (Lipinski definition) is 8. The molecule has 0 radical (unpaired) electrons. The molecule has 8 nitrogen and oxygen atoms in total. The lowest BCUT2D eigenvalue weighted by Gasteiger charge is -1.90. The number of aliphatic imine (C=N–C) groups is 4. The van der Waals surface area contributed by atoms with Crippen molar-refractivity contribution in [3.05, 3.63) is 0 Å². The minimum absolute atomic E-state index is 0.470. The first-order valence-electron chi connectivity index (χ1n) is 6.48. The predicted octanol–water partition coefficient (Wildman–Crippen LogP) is 1.27. The van der Waals surface area contributed by atoms with E-state index in [-0.39, 0.29) is 0 Å². The summed E-state index contributed by atoms with van der Waals surface area (Å²) in [4.78, 5) is 51.6. The Kier molecular flexibility index (Phi) is 22.5. The molecule has 0 amide bonds. The van der Waals surface area contributed by atoms with Crippen LogP contribution in [0.5, 0.6) is 0 Å². The minimum atomic E-state index is 0.470. The van der Waals surface area contributed by atoms with Gasteiger partial charge in [0, 0.05) is 0 Å². The Morgan fingerprint density at radius 3 is 0.905 bits per heavy atom. The van der Waals surface area contributed by atoms with Crippen LogP contribution in [0.1, 0.15) is 32.1 Å². The summed E-state index contributed by atoms with van der Waals surface area (Å²) in [5, 5.41) is 0. The van der Waals surface area contributed by atoms with Crippen LogP contribution in [0.4, 0.5) is 0 Å². The molecular weight excluding hydrogens is 276 g/mol. The molecule has 0 saturated carbocycles. The second-order valence-electron chi connectivity index (χ2n) is 3.66. The van der Waals surface area contributed by atoms with Gasteiger partial charge < -0.3 is 0 Å². The summed E-state index contributed by atoms with van der Waals surface area (Å²) in [5.74, 6) is 0. The molecule has 8 heteroatoms. The Balaban J connectivity index is 0. The van der Waals surface area contributed by atoms with Crippen LogP contribution in [-0.2, 0) is 19.2 Å². The van der Waals surface area contributed by atoms with E-state index in [1.807, 2.05) is 0 Å². The zero-order valence-corrected chi connectivity index (χ0v) is 11.8. The van der Waals surface area contributed by atoms with Gasteiger partial charge in [0.1, 0.15) is 0 Å². The van der Waals surface area contributed by atoms with E-state index in [1.54, 1.807) is 0 Å². The molecule has 0 heterocycles. The first-order valence-corrected chi connectivity index (χ1v) is 6.48. The number of hydrogen-bond donors (Lipinski definition) is 0. The van der Waals surface area contributed by atoms with E-state index in [4.69, 9.17) is 0 Å². The lowest BCUT2D eigenvalue weighted by atomic mass is 10.2. The average Bonchev–Trinajstić information content (AvgIpc) is 2.51. The van der Waals surface area contributed by atoms with Gasteiger partial charge in [0.2, 0.25) is 24.3 Å². The lowest BCUT2D eigenvalue weighted by Crippen LogP contribution is -1.84. The third kappa shape index (κ3) is 26.9. The van der Waals surface area contributed by atoms with Gasteiger partial charge in [-0.15, -0.1) is 0 Å². The van der Waals surface area contributed by atoms with Gasteiger partial charge in [0.15, 0.2) is 0 Å². The minimum Gasteiger partial charge on any atom is -0.211 e. The first-order chi connectivity index (χ1) is 10.3. The van der Waals surface area contributed by atoms with Crippen LogP contribution in [0, 0.1) is 0 Å². The maximum Gasteiger partial charge on any atom is 0.234 e. The molecule has 114 valence electrons. The van der Waals surface area contributed by atoms with Crippen LogP contribution in [0.25, 0.3) is 0 Å². The molecule has 21 heavy (non-hydrogen) atoms. The van der Waals surface area contributed by atoms with E-state index in [0.29, 0.717) is 26.2 Å². The summed E-state index contributed by atoms with van der Waals surface area (Å²) in [5.41, 5.74) is 0. The topological polar surface area (TPSA) is 118 Å². The van der Waals surface area contributed by atoms with Gasteiger partial charge in [-0.2, -0.15) is 0 Å². The number of rotatable bonds is 11. The second kappa shape index (κ2) is 22.7. The summed E-state index contributed by atoms with van der Waals surface area (Å²) in [6.45, 7) is 1.98. The molecule has 0 rings (SSSR count). The molecule has 0 spiro atoms.